The smallest absolute Gasteiger partial charge is 0.130 e. The van der Waals surface area contributed by atoms with Crippen molar-refractivity contribution < 1.29 is 4.42 Å². The van der Waals surface area contributed by atoms with Gasteiger partial charge in [-0.25, -0.2) is 4.98 Å². The van der Waals surface area contributed by atoms with Gasteiger partial charge >= 0.3 is 0 Å². The third-order valence-corrected chi connectivity index (χ3v) is 4.86. The van der Waals surface area contributed by atoms with Gasteiger partial charge in [0.25, 0.3) is 0 Å². The Morgan fingerprint density at radius 2 is 2.50 bits per heavy atom. The summed E-state index contributed by atoms with van der Waals surface area (Å²) in [5.74, 6) is 1.02. The van der Waals surface area contributed by atoms with Gasteiger partial charge in [0, 0.05) is 6.54 Å². The molecule has 1 aliphatic rings. The van der Waals surface area contributed by atoms with Gasteiger partial charge in [-0.2, -0.15) is 0 Å². The summed E-state index contributed by atoms with van der Waals surface area (Å²) < 4.78 is 6.66. The normalized spacial score (nSPS) is 19.8. The highest BCUT2D eigenvalue weighted by molar-refractivity contribution is 9.11. The maximum atomic E-state index is 5.56. The molecule has 0 fully saturated rings. The van der Waals surface area contributed by atoms with Crippen LogP contribution in [0.1, 0.15) is 28.1 Å². The Bertz CT molecular complexity index is 500. The van der Waals surface area contributed by atoms with Crippen LogP contribution in [0, 0.1) is 6.92 Å². The van der Waals surface area contributed by atoms with Crippen LogP contribution in [0.2, 0.25) is 0 Å². The molecule has 0 spiro atoms. The summed E-state index contributed by atoms with van der Waals surface area (Å²) in [7, 11) is 0. The Labute approximate surface area is 106 Å². The molecular formula is C11H11BrN2OS. The van der Waals surface area contributed by atoms with Gasteiger partial charge in [-0.15, -0.1) is 11.3 Å². The third kappa shape index (κ3) is 1.63. The number of nitrogens with one attached hydrogen (secondary N) is 1. The predicted octanol–water partition coefficient (Wildman–Crippen LogP) is 3.04. The van der Waals surface area contributed by atoms with Crippen molar-refractivity contribution in [2.24, 2.45) is 0 Å². The van der Waals surface area contributed by atoms with Crippen molar-refractivity contribution in [3.63, 3.8) is 0 Å². The van der Waals surface area contributed by atoms with E-state index in [9.17, 15) is 0 Å². The van der Waals surface area contributed by atoms with E-state index in [1.807, 2.05) is 6.92 Å². The highest BCUT2D eigenvalue weighted by Crippen LogP contribution is 2.34. The lowest BCUT2D eigenvalue weighted by Crippen LogP contribution is -2.29. The van der Waals surface area contributed by atoms with Crippen molar-refractivity contribution in [3.05, 3.63) is 38.1 Å². The Morgan fingerprint density at radius 3 is 3.25 bits per heavy atom. The van der Waals surface area contributed by atoms with Crippen LogP contribution in [0.4, 0.5) is 0 Å². The van der Waals surface area contributed by atoms with Crippen molar-refractivity contribution in [1.82, 2.24) is 10.3 Å². The van der Waals surface area contributed by atoms with Gasteiger partial charge in [0.05, 0.1) is 15.7 Å². The molecule has 0 aliphatic carbocycles. The average molecular weight is 299 g/mol. The average Bonchev–Trinajstić information content (AvgIpc) is 2.85. The topological polar surface area (TPSA) is 38.1 Å². The predicted molar refractivity (Wildman–Crippen MR) is 66.8 cm³/mol. The van der Waals surface area contributed by atoms with Gasteiger partial charge in [0.2, 0.25) is 0 Å². The molecule has 3 rings (SSSR count). The third-order valence-electron chi connectivity index (χ3n) is 2.79. The molecule has 1 atom stereocenters. The van der Waals surface area contributed by atoms with Crippen LogP contribution < -0.4 is 5.32 Å². The Morgan fingerprint density at radius 1 is 1.62 bits per heavy atom. The highest BCUT2D eigenvalue weighted by Gasteiger charge is 2.27. The zero-order valence-corrected chi connectivity index (χ0v) is 11.2. The van der Waals surface area contributed by atoms with Crippen molar-refractivity contribution in [3.8, 4) is 0 Å². The van der Waals surface area contributed by atoms with Gasteiger partial charge in [0.15, 0.2) is 0 Å². The first kappa shape index (κ1) is 10.5. The van der Waals surface area contributed by atoms with Crippen LogP contribution in [-0.2, 0) is 6.42 Å². The number of aryl methyl sites for hydroxylation is 1. The molecule has 84 valence electrons. The van der Waals surface area contributed by atoms with Crippen LogP contribution in [-0.4, -0.2) is 11.5 Å². The van der Waals surface area contributed by atoms with E-state index >= 15 is 0 Å². The van der Waals surface area contributed by atoms with Crippen LogP contribution in [0.5, 0.6) is 0 Å². The van der Waals surface area contributed by atoms with Crippen molar-refractivity contribution >= 4 is 27.3 Å². The van der Waals surface area contributed by atoms with Crippen molar-refractivity contribution in [2.45, 2.75) is 19.4 Å². The van der Waals surface area contributed by atoms with E-state index in [0.717, 1.165) is 33.2 Å². The van der Waals surface area contributed by atoms with E-state index in [0.29, 0.717) is 0 Å². The van der Waals surface area contributed by atoms with Crippen LogP contribution in [0.3, 0.4) is 0 Å². The number of nitrogens with zero attached hydrogens (tertiary/aromatic N) is 1. The molecule has 1 N–H and O–H groups in total. The van der Waals surface area contributed by atoms with Gasteiger partial charge in [-0.3, -0.25) is 0 Å². The molecule has 0 amide bonds. The van der Waals surface area contributed by atoms with Gasteiger partial charge in [-0.05, 0) is 40.9 Å². The first-order valence-electron chi connectivity index (χ1n) is 5.18. The summed E-state index contributed by atoms with van der Waals surface area (Å²) >= 11 is 5.18. The second-order valence-corrected chi connectivity index (χ2v) is 6.21. The number of hydrogen-bond acceptors (Lipinski definition) is 4. The van der Waals surface area contributed by atoms with E-state index in [2.05, 4.69) is 32.3 Å². The van der Waals surface area contributed by atoms with Gasteiger partial charge in [-0.1, -0.05) is 0 Å². The van der Waals surface area contributed by atoms with Gasteiger partial charge in [0.1, 0.15) is 16.8 Å². The number of furan rings is 1. The fraction of sp³-hybridized carbons (Fsp3) is 0.364. The summed E-state index contributed by atoms with van der Waals surface area (Å²) in [6.45, 7) is 2.99. The maximum Gasteiger partial charge on any atom is 0.130 e. The Hall–Kier alpha value is -0.650. The summed E-state index contributed by atoms with van der Waals surface area (Å²) in [5, 5.41) is 4.52. The van der Waals surface area contributed by atoms with Crippen molar-refractivity contribution in [1.29, 1.82) is 0 Å². The molecule has 3 nitrogen and oxygen atoms in total. The first-order chi connectivity index (χ1) is 7.75. The number of aromatic nitrogens is 1. The zero-order valence-electron chi connectivity index (χ0n) is 8.79. The molecule has 0 bridgehead atoms. The molecule has 1 unspecified atom stereocenters. The fourth-order valence-corrected chi connectivity index (χ4v) is 3.43. The summed E-state index contributed by atoms with van der Waals surface area (Å²) in [6.07, 6.45) is 2.80. The quantitative estimate of drug-likeness (QED) is 0.879. The van der Waals surface area contributed by atoms with Crippen LogP contribution in [0.15, 0.2) is 20.5 Å². The van der Waals surface area contributed by atoms with Crippen LogP contribution >= 0.6 is 27.3 Å². The van der Waals surface area contributed by atoms with Gasteiger partial charge < -0.3 is 9.73 Å². The van der Waals surface area contributed by atoms with Crippen molar-refractivity contribution in [2.75, 3.05) is 6.54 Å². The molecule has 0 saturated carbocycles. The number of hydrogen-bond donors (Lipinski definition) is 1. The van der Waals surface area contributed by atoms with E-state index in [-0.39, 0.29) is 6.04 Å². The molecule has 0 radical (unpaired) electrons. The van der Waals surface area contributed by atoms with Crippen LogP contribution in [0.25, 0.3) is 0 Å². The molecule has 2 aromatic heterocycles. The summed E-state index contributed by atoms with van der Waals surface area (Å²) in [6, 6.07) is 2.17. The molecule has 5 heteroatoms. The van der Waals surface area contributed by atoms with E-state index in [1.165, 1.54) is 5.56 Å². The molecule has 3 heterocycles. The second-order valence-electron chi connectivity index (χ2n) is 3.86. The second kappa shape index (κ2) is 3.98. The minimum atomic E-state index is 0.119. The minimum absolute atomic E-state index is 0.119. The standard InChI is InChI=1S/C11H11BrN2OS/c1-6-10(12)16-11(14-6)8-9-7(2-4-13-8)3-5-15-9/h3,5,8,13H,2,4H2,1H3. The lowest BCUT2D eigenvalue weighted by atomic mass is 10.0. The lowest BCUT2D eigenvalue weighted by Gasteiger charge is -2.20. The van der Waals surface area contributed by atoms with E-state index in [4.69, 9.17) is 4.42 Å². The zero-order chi connectivity index (χ0) is 11.1. The first-order valence-corrected chi connectivity index (χ1v) is 6.79. The summed E-state index contributed by atoms with van der Waals surface area (Å²) in [5.41, 5.74) is 2.34. The Kier molecular flexibility index (Phi) is 2.61. The maximum absolute atomic E-state index is 5.56. The number of thiazole rings is 1. The Balaban J connectivity index is 2.03. The number of rotatable bonds is 1. The molecule has 16 heavy (non-hydrogen) atoms. The minimum Gasteiger partial charge on any atom is -0.467 e. The highest BCUT2D eigenvalue weighted by atomic mass is 79.9. The molecule has 0 saturated heterocycles. The molecule has 0 aromatic carbocycles. The lowest BCUT2D eigenvalue weighted by molar-refractivity contribution is 0.424. The van der Waals surface area contributed by atoms with E-state index in [1.54, 1.807) is 17.6 Å². The van der Waals surface area contributed by atoms with E-state index < -0.39 is 0 Å². The largest absolute Gasteiger partial charge is 0.467 e. The SMILES string of the molecule is Cc1nc(C2NCCc3ccoc32)sc1Br. The molecular weight excluding hydrogens is 288 g/mol. The monoisotopic (exact) mass is 298 g/mol. The number of fused-ring (bicyclic) bond motifs is 1. The molecule has 2 aromatic rings. The summed E-state index contributed by atoms with van der Waals surface area (Å²) in [4.78, 5) is 4.56. The molecule has 1 aliphatic heterocycles. The fourth-order valence-electron chi connectivity index (χ4n) is 1.97. The number of halogens is 1.